The van der Waals surface area contributed by atoms with E-state index in [2.05, 4.69) is 34.3 Å². The maximum Gasteiger partial charge on any atom is 0.312 e. The van der Waals surface area contributed by atoms with E-state index in [1.54, 1.807) is 6.08 Å². The highest BCUT2D eigenvalue weighted by atomic mass is 16.5. The van der Waals surface area contributed by atoms with Gasteiger partial charge in [-0.1, -0.05) is 39.3 Å². The van der Waals surface area contributed by atoms with Crippen molar-refractivity contribution >= 4 is 17.7 Å². The van der Waals surface area contributed by atoms with Gasteiger partial charge in [-0.2, -0.15) is 0 Å². The lowest BCUT2D eigenvalue weighted by Crippen LogP contribution is -2.68. The largest absolute Gasteiger partial charge is 0.481 e. The third-order valence-corrected chi connectivity index (χ3v) is 13.6. The van der Waals surface area contributed by atoms with Gasteiger partial charge in [0, 0.05) is 5.92 Å². The van der Waals surface area contributed by atoms with Gasteiger partial charge in [0.2, 0.25) is 0 Å². The van der Waals surface area contributed by atoms with Crippen molar-refractivity contribution in [1.82, 2.24) is 0 Å². The molecule has 10 atom stereocenters. The number of carbonyl (C=O) groups excluding carboxylic acids is 1. The third-order valence-electron chi connectivity index (χ3n) is 13.6. The lowest BCUT2D eigenvalue weighted by atomic mass is 9.33. The van der Waals surface area contributed by atoms with E-state index >= 15 is 0 Å². The van der Waals surface area contributed by atoms with Crippen molar-refractivity contribution in [1.29, 1.82) is 0 Å². The predicted molar refractivity (Wildman–Crippen MR) is 149 cm³/mol. The van der Waals surface area contributed by atoms with Gasteiger partial charge in [0.15, 0.2) is 5.78 Å². The van der Waals surface area contributed by atoms with Crippen molar-refractivity contribution in [2.24, 2.45) is 50.2 Å². The topological polar surface area (TPSA) is 101 Å². The number of ketones is 1. The average Bonchev–Trinajstić information content (AvgIpc) is 2.85. The molecule has 0 aromatic rings. The number of hydrogen-bond donors (Lipinski definition) is 2. The predicted octanol–water partition coefficient (Wildman–Crippen LogP) is 6.69. The highest BCUT2D eigenvalue weighted by Crippen LogP contribution is 2.75. The lowest BCUT2D eigenvalue weighted by molar-refractivity contribution is -0.220. The SMILES string of the molecule is C=CCO[C@H]1CC[C@@]2(C)[C@@H](CC[C@]3(C)[C@@H]2C(=O)C=C2[C@@H]4C[C@@](C)(C(=O)O)CC[C@]4(C)CC[C@]23C)[C@]1(C)C(=O)O. The highest BCUT2D eigenvalue weighted by molar-refractivity contribution is 5.96. The zero-order valence-corrected chi connectivity index (χ0v) is 24.8. The molecule has 0 bridgehead atoms. The molecule has 39 heavy (non-hydrogen) atoms. The van der Waals surface area contributed by atoms with Gasteiger partial charge in [0.25, 0.3) is 0 Å². The number of carbonyl (C=O) groups is 3. The molecular formula is C33H48O6. The summed E-state index contributed by atoms with van der Waals surface area (Å²) in [5, 5.41) is 20.7. The van der Waals surface area contributed by atoms with Crippen LogP contribution in [0.5, 0.6) is 0 Å². The van der Waals surface area contributed by atoms with Crippen molar-refractivity contribution in [3.63, 3.8) is 0 Å². The number of fused-ring (bicyclic) bond motifs is 7. The van der Waals surface area contributed by atoms with Gasteiger partial charge >= 0.3 is 11.9 Å². The first-order valence-corrected chi connectivity index (χ1v) is 15.0. The van der Waals surface area contributed by atoms with Crippen molar-refractivity contribution < 1.29 is 29.3 Å². The minimum Gasteiger partial charge on any atom is -0.481 e. The first kappa shape index (κ1) is 28.6. The Morgan fingerprint density at radius 2 is 1.64 bits per heavy atom. The Bertz CT molecular complexity index is 1140. The number of aliphatic carboxylic acids is 2. The number of hydrogen-bond acceptors (Lipinski definition) is 4. The summed E-state index contributed by atoms with van der Waals surface area (Å²) in [5.41, 5.74) is -1.67. The summed E-state index contributed by atoms with van der Waals surface area (Å²) in [7, 11) is 0. The summed E-state index contributed by atoms with van der Waals surface area (Å²) in [5.74, 6) is -1.82. The first-order valence-electron chi connectivity index (χ1n) is 15.0. The van der Waals surface area contributed by atoms with Gasteiger partial charge in [-0.25, -0.2) is 0 Å². The van der Waals surface area contributed by atoms with Crippen LogP contribution >= 0.6 is 0 Å². The molecule has 216 valence electrons. The van der Waals surface area contributed by atoms with Gasteiger partial charge in [-0.05, 0) is 111 Å². The molecule has 6 nitrogen and oxygen atoms in total. The Morgan fingerprint density at radius 3 is 2.26 bits per heavy atom. The quantitative estimate of drug-likeness (QED) is 0.377. The van der Waals surface area contributed by atoms with E-state index in [9.17, 15) is 24.6 Å². The number of allylic oxidation sites excluding steroid dienone is 2. The van der Waals surface area contributed by atoms with Crippen LogP contribution in [-0.2, 0) is 19.1 Å². The van der Waals surface area contributed by atoms with Crippen molar-refractivity contribution in [3.8, 4) is 0 Å². The smallest absolute Gasteiger partial charge is 0.312 e. The van der Waals surface area contributed by atoms with Crippen LogP contribution in [0.15, 0.2) is 24.3 Å². The van der Waals surface area contributed by atoms with Crippen molar-refractivity contribution in [2.45, 2.75) is 105 Å². The Morgan fingerprint density at radius 1 is 0.974 bits per heavy atom. The normalized spacial score (nSPS) is 50.9. The summed E-state index contributed by atoms with van der Waals surface area (Å²) in [6.07, 6.45) is 10.2. The molecule has 0 unspecified atom stereocenters. The molecule has 0 radical (unpaired) electrons. The molecule has 2 N–H and O–H groups in total. The van der Waals surface area contributed by atoms with E-state index in [0.29, 0.717) is 25.9 Å². The van der Waals surface area contributed by atoms with Crippen LogP contribution in [0.25, 0.3) is 0 Å². The van der Waals surface area contributed by atoms with Crippen molar-refractivity contribution in [2.75, 3.05) is 6.61 Å². The van der Waals surface area contributed by atoms with Crippen LogP contribution in [-0.4, -0.2) is 40.6 Å². The average molecular weight is 541 g/mol. The molecule has 4 fully saturated rings. The van der Waals surface area contributed by atoms with Crippen LogP contribution in [0.2, 0.25) is 0 Å². The number of carboxylic acids is 2. The van der Waals surface area contributed by atoms with Gasteiger partial charge < -0.3 is 14.9 Å². The fourth-order valence-corrected chi connectivity index (χ4v) is 10.8. The Balaban J connectivity index is 1.60. The Kier molecular flexibility index (Phi) is 6.43. The molecule has 0 heterocycles. The van der Waals surface area contributed by atoms with E-state index < -0.39 is 34.3 Å². The minimum atomic E-state index is -1.08. The first-order chi connectivity index (χ1) is 18.0. The fraction of sp³-hybridized carbons (Fsp3) is 0.788. The molecule has 5 aliphatic carbocycles. The van der Waals surface area contributed by atoms with E-state index in [-0.39, 0.29) is 39.8 Å². The standard InChI is InChI=1S/C33H48O6/c1-8-17-39-24-10-11-30(4)23(33(24,7)27(37)38)9-12-32(6)25(30)22(34)18-20-21-19-29(3,26(35)36)14-13-28(21,2)15-16-31(20,32)5/h8,18,21,23-25H,1,9-17,19H2,2-7H3,(H,35,36)(H,37,38)/t21-,23+,24-,25+,28+,29-,30-,31+,32+,33-/m0/s1. The van der Waals surface area contributed by atoms with Gasteiger partial charge in [-0.15, -0.1) is 6.58 Å². The number of ether oxygens (including phenoxy) is 1. The Hall–Kier alpha value is -1.95. The summed E-state index contributed by atoms with van der Waals surface area (Å²) >= 11 is 0. The molecule has 0 aromatic carbocycles. The number of carboxylic acid groups (broad SMARTS) is 2. The van der Waals surface area contributed by atoms with E-state index in [1.807, 2.05) is 19.9 Å². The second kappa shape index (κ2) is 8.77. The van der Waals surface area contributed by atoms with Crippen LogP contribution in [0.1, 0.15) is 99.3 Å². The van der Waals surface area contributed by atoms with Gasteiger partial charge in [0.1, 0.15) is 0 Å². The van der Waals surface area contributed by atoms with Gasteiger partial charge in [0.05, 0.1) is 23.5 Å². The molecular weight excluding hydrogens is 492 g/mol. The maximum atomic E-state index is 14.4. The van der Waals surface area contributed by atoms with Crippen LogP contribution in [0.4, 0.5) is 0 Å². The fourth-order valence-electron chi connectivity index (χ4n) is 10.8. The van der Waals surface area contributed by atoms with Crippen LogP contribution in [0, 0.1) is 50.2 Å². The molecule has 0 saturated heterocycles. The summed E-state index contributed by atoms with van der Waals surface area (Å²) < 4.78 is 6.06. The molecule has 0 spiro atoms. The van der Waals surface area contributed by atoms with Gasteiger partial charge in [-0.3, -0.25) is 14.4 Å². The molecule has 4 saturated carbocycles. The lowest BCUT2D eigenvalue weighted by Gasteiger charge is -2.70. The van der Waals surface area contributed by atoms with E-state index in [4.69, 9.17) is 4.74 Å². The van der Waals surface area contributed by atoms with Crippen LogP contribution in [0.3, 0.4) is 0 Å². The molecule has 0 aromatic heterocycles. The third kappa shape index (κ3) is 3.58. The van der Waals surface area contributed by atoms with Crippen molar-refractivity contribution in [3.05, 3.63) is 24.3 Å². The summed E-state index contributed by atoms with van der Waals surface area (Å²) in [6.45, 7) is 16.9. The molecule has 0 amide bonds. The van der Waals surface area contributed by atoms with E-state index in [1.165, 1.54) is 5.57 Å². The minimum absolute atomic E-state index is 0.00726. The maximum absolute atomic E-state index is 14.4. The zero-order chi connectivity index (χ0) is 28.8. The molecule has 5 aliphatic rings. The molecule has 0 aliphatic heterocycles. The molecule has 6 heteroatoms. The van der Waals surface area contributed by atoms with Crippen LogP contribution < -0.4 is 0 Å². The second-order valence-electron chi connectivity index (χ2n) is 15.3. The monoisotopic (exact) mass is 540 g/mol. The highest BCUT2D eigenvalue weighted by Gasteiger charge is 2.72. The second-order valence-corrected chi connectivity index (χ2v) is 15.3. The molecule has 5 rings (SSSR count). The zero-order valence-electron chi connectivity index (χ0n) is 24.8. The summed E-state index contributed by atoms with van der Waals surface area (Å²) in [4.78, 5) is 39.6. The summed E-state index contributed by atoms with van der Waals surface area (Å²) in [6, 6.07) is 0. The Labute approximate surface area is 233 Å². The van der Waals surface area contributed by atoms with E-state index in [0.717, 1.165) is 38.5 Å². The number of rotatable bonds is 5.